The lowest BCUT2D eigenvalue weighted by atomic mass is 10.0. The van der Waals surface area contributed by atoms with Crippen LogP contribution in [-0.4, -0.2) is 46.6 Å². The Labute approximate surface area is 123 Å². The molecule has 2 rings (SSSR count). The normalized spacial score (nSPS) is 22.1. The van der Waals surface area contributed by atoms with E-state index in [1.165, 1.54) is 0 Å². The lowest BCUT2D eigenvalue weighted by Crippen LogP contribution is -2.39. The molecule has 0 saturated carbocycles. The van der Waals surface area contributed by atoms with Crippen LogP contribution in [0.25, 0.3) is 0 Å². The van der Waals surface area contributed by atoms with Gasteiger partial charge in [-0.2, -0.15) is 0 Å². The molecule has 2 unspecified atom stereocenters. The SMILES string of the molecule is CCNc1cc(C(=O)N2CCC(C)C2CO)cc(Cl)n1. The second-order valence-electron chi connectivity index (χ2n) is 5.11. The number of aromatic nitrogens is 1. The molecule has 0 spiro atoms. The molecule has 1 saturated heterocycles. The fourth-order valence-corrected chi connectivity index (χ4v) is 2.81. The summed E-state index contributed by atoms with van der Waals surface area (Å²) < 4.78 is 0. The van der Waals surface area contributed by atoms with E-state index in [-0.39, 0.29) is 18.6 Å². The number of hydrogen-bond acceptors (Lipinski definition) is 4. The van der Waals surface area contributed by atoms with Crippen molar-refractivity contribution in [2.75, 3.05) is 25.0 Å². The Balaban J connectivity index is 2.24. The molecule has 110 valence electrons. The van der Waals surface area contributed by atoms with E-state index in [1.807, 2.05) is 6.92 Å². The van der Waals surface area contributed by atoms with E-state index in [9.17, 15) is 9.90 Å². The van der Waals surface area contributed by atoms with Crippen LogP contribution in [-0.2, 0) is 0 Å². The van der Waals surface area contributed by atoms with Gasteiger partial charge in [0.25, 0.3) is 5.91 Å². The first-order valence-electron chi connectivity index (χ1n) is 6.90. The van der Waals surface area contributed by atoms with E-state index < -0.39 is 0 Å². The van der Waals surface area contributed by atoms with Crippen LogP contribution < -0.4 is 5.32 Å². The zero-order valence-electron chi connectivity index (χ0n) is 11.8. The summed E-state index contributed by atoms with van der Waals surface area (Å²) in [6.07, 6.45) is 0.913. The maximum atomic E-state index is 12.6. The molecular formula is C14H20ClN3O2. The number of halogens is 1. The maximum absolute atomic E-state index is 12.6. The molecule has 5 nitrogen and oxygen atoms in total. The molecule has 1 aliphatic rings. The minimum Gasteiger partial charge on any atom is -0.394 e. The number of hydrogen-bond donors (Lipinski definition) is 2. The number of carbonyl (C=O) groups excluding carboxylic acids is 1. The molecule has 0 aliphatic carbocycles. The zero-order chi connectivity index (χ0) is 14.7. The van der Waals surface area contributed by atoms with Crippen molar-refractivity contribution in [1.29, 1.82) is 0 Å². The minimum absolute atomic E-state index is 0.00815. The largest absolute Gasteiger partial charge is 0.394 e. The van der Waals surface area contributed by atoms with Gasteiger partial charge in [-0.05, 0) is 31.4 Å². The van der Waals surface area contributed by atoms with E-state index in [4.69, 9.17) is 11.6 Å². The number of anilines is 1. The van der Waals surface area contributed by atoms with E-state index >= 15 is 0 Å². The van der Waals surface area contributed by atoms with Crippen molar-refractivity contribution < 1.29 is 9.90 Å². The Morgan fingerprint density at radius 3 is 3.00 bits per heavy atom. The third kappa shape index (κ3) is 3.04. The quantitative estimate of drug-likeness (QED) is 0.835. The number of aliphatic hydroxyl groups is 1. The summed E-state index contributed by atoms with van der Waals surface area (Å²) in [6.45, 7) is 5.38. The maximum Gasteiger partial charge on any atom is 0.254 e. The smallest absolute Gasteiger partial charge is 0.254 e. The van der Waals surface area contributed by atoms with Crippen molar-refractivity contribution in [1.82, 2.24) is 9.88 Å². The molecule has 1 aromatic rings. The number of rotatable bonds is 4. The number of nitrogens with one attached hydrogen (secondary N) is 1. The summed E-state index contributed by atoms with van der Waals surface area (Å²) >= 11 is 5.96. The highest BCUT2D eigenvalue weighted by atomic mass is 35.5. The van der Waals surface area contributed by atoms with Gasteiger partial charge in [-0.25, -0.2) is 4.98 Å². The summed E-state index contributed by atoms with van der Waals surface area (Å²) in [5.41, 5.74) is 0.508. The molecular weight excluding hydrogens is 278 g/mol. The van der Waals surface area contributed by atoms with Gasteiger partial charge >= 0.3 is 0 Å². The van der Waals surface area contributed by atoms with Gasteiger partial charge in [-0.3, -0.25) is 4.79 Å². The predicted molar refractivity (Wildman–Crippen MR) is 79.1 cm³/mol. The summed E-state index contributed by atoms with van der Waals surface area (Å²) in [4.78, 5) is 18.4. The van der Waals surface area contributed by atoms with Gasteiger partial charge in [0.2, 0.25) is 0 Å². The fourth-order valence-electron chi connectivity index (χ4n) is 2.60. The second-order valence-corrected chi connectivity index (χ2v) is 5.50. The number of nitrogens with zero attached hydrogens (tertiary/aromatic N) is 2. The predicted octanol–water partition coefficient (Wildman–Crippen LogP) is 2.01. The average Bonchev–Trinajstić information content (AvgIpc) is 2.78. The molecule has 1 amide bonds. The van der Waals surface area contributed by atoms with Crippen molar-refractivity contribution in [2.45, 2.75) is 26.3 Å². The van der Waals surface area contributed by atoms with Crippen LogP contribution >= 0.6 is 11.6 Å². The molecule has 20 heavy (non-hydrogen) atoms. The molecule has 1 aliphatic heterocycles. The van der Waals surface area contributed by atoms with Gasteiger partial charge in [-0.15, -0.1) is 0 Å². The van der Waals surface area contributed by atoms with E-state index in [0.29, 0.717) is 35.5 Å². The summed E-state index contributed by atoms with van der Waals surface area (Å²) in [6, 6.07) is 3.16. The van der Waals surface area contributed by atoms with Crippen LogP contribution in [0.1, 0.15) is 30.6 Å². The monoisotopic (exact) mass is 297 g/mol. The van der Waals surface area contributed by atoms with Crippen LogP contribution in [0.2, 0.25) is 5.15 Å². The first kappa shape index (κ1) is 15.1. The highest BCUT2D eigenvalue weighted by Gasteiger charge is 2.34. The Morgan fingerprint density at radius 1 is 1.60 bits per heavy atom. The van der Waals surface area contributed by atoms with Crippen LogP contribution in [0.5, 0.6) is 0 Å². The van der Waals surface area contributed by atoms with Crippen LogP contribution in [0.3, 0.4) is 0 Å². The molecule has 0 aromatic carbocycles. The summed E-state index contributed by atoms with van der Waals surface area (Å²) in [5.74, 6) is 0.808. The lowest BCUT2D eigenvalue weighted by molar-refractivity contribution is 0.0648. The van der Waals surface area contributed by atoms with Gasteiger partial charge < -0.3 is 15.3 Å². The van der Waals surface area contributed by atoms with E-state index in [0.717, 1.165) is 6.42 Å². The average molecular weight is 298 g/mol. The molecule has 1 aromatic heterocycles. The number of amides is 1. The number of pyridine rings is 1. The van der Waals surface area contributed by atoms with Crippen LogP contribution in [0.4, 0.5) is 5.82 Å². The Morgan fingerprint density at radius 2 is 2.35 bits per heavy atom. The fraction of sp³-hybridized carbons (Fsp3) is 0.571. The van der Waals surface area contributed by atoms with Crippen molar-refractivity contribution in [2.24, 2.45) is 5.92 Å². The minimum atomic E-state index is -0.114. The Hall–Kier alpha value is -1.33. The van der Waals surface area contributed by atoms with E-state index in [2.05, 4.69) is 17.2 Å². The molecule has 0 bridgehead atoms. The van der Waals surface area contributed by atoms with Crippen LogP contribution in [0.15, 0.2) is 12.1 Å². The van der Waals surface area contributed by atoms with Gasteiger partial charge in [0.15, 0.2) is 0 Å². The first-order valence-corrected chi connectivity index (χ1v) is 7.28. The number of carbonyl (C=O) groups is 1. The van der Waals surface area contributed by atoms with Crippen molar-refractivity contribution >= 4 is 23.3 Å². The highest BCUT2D eigenvalue weighted by Crippen LogP contribution is 2.26. The second kappa shape index (κ2) is 6.41. The van der Waals surface area contributed by atoms with Crippen molar-refractivity contribution in [3.8, 4) is 0 Å². The molecule has 2 heterocycles. The highest BCUT2D eigenvalue weighted by molar-refractivity contribution is 6.29. The third-order valence-electron chi connectivity index (χ3n) is 3.73. The van der Waals surface area contributed by atoms with E-state index in [1.54, 1.807) is 17.0 Å². The van der Waals surface area contributed by atoms with Gasteiger partial charge in [0.1, 0.15) is 11.0 Å². The Kier molecular flexibility index (Phi) is 4.83. The molecule has 2 atom stereocenters. The first-order chi connectivity index (χ1) is 9.56. The van der Waals surface area contributed by atoms with Gasteiger partial charge in [0.05, 0.1) is 12.6 Å². The van der Waals surface area contributed by atoms with Gasteiger partial charge in [-0.1, -0.05) is 18.5 Å². The number of likely N-dealkylation sites (tertiary alicyclic amines) is 1. The molecule has 2 N–H and O–H groups in total. The summed E-state index contributed by atoms with van der Waals surface area (Å²) in [7, 11) is 0. The lowest BCUT2D eigenvalue weighted by Gasteiger charge is -2.25. The Bertz CT molecular complexity index is 495. The van der Waals surface area contributed by atoms with Gasteiger partial charge in [0, 0.05) is 18.7 Å². The zero-order valence-corrected chi connectivity index (χ0v) is 12.5. The molecule has 6 heteroatoms. The topological polar surface area (TPSA) is 65.5 Å². The molecule has 0 radical (unpaired) electrons. The number of aliphatic hydroxyl groups excluding tert-OH is 1. The standard InChI is InChI=1S/C14H20ClN3O2/c1-3-16-13-7-10(6-12(15)17-13)14(20)18-5-4-9(2)11(18)8-19/h6-7,9,11,19H,3-5,8H2,1-2H3,(H,16,17). The van der Waals surface area contributed by atoms with Crippen molar-refractivity contribution in [3.63, 3.8) is 0 Å². The molecule has 1 fully saturated rings. The van der Waals surface area contributed by atoms with Crippen molar-refractivity contribution in [3.05, 3.63) is 22.8 Å². The van der Waals surface area contributed by atoms with Crippen LogP contribution in [0, 0.1) is 5.92 Å². The third-order valence-corrected chi connectivity index (χ3v) is 3.92. The summed E-state index contributed by atoms with van der Waals surface area (Å²) in [5, 5.41) is 12.8.